The van der Waals surface area contributed by atoms with Crippen LogP contribution in [0.25, 0.3) is 213 Å². The molecule has 0 amide bonds. The summed E-state index contributed by atoms with van der Waals surface area (Å²) in [6, 6.07) is 124. The highest BCUT2D eigenvalue weighted by Crippen LogP contribution is 2.47. The molecule has 0 aliphatic rings. The largest absolute Gasteiger partial charge is 0.569 e. The molecule has 126 heavy (non-hydrogen) atoms. The number of hydrogen-bond acceptors (Lipinski definition) is 15. The Hall–Kier alpha value is -13.8. The summed E-state index contributed by atoms with van der Waals surface area (Å²) >= 11 is 4.97. The van der Waals surface area contributed by atoms with E-state index in [4.69, 9.17) is 18.5 Å². The van der Waals surface area contributed by atoms with Gasteiger partial charge in [0.05, 0.1) is 0 Å². The van der Waals surface area contributed by atoms with Gasteiger partial charge in [0.2, 0.25) is 0 Å². The first kappa shape index (κ1) is 79.4. The van der Waals surface area contributed by atoms with Crippen molar-refractivity contribution in [3.63, 3.8) is 0 Å². The van der Waals surface area contributed by atoms with Crippen molar-refractivity contribution in [3.05, 3.63) is 370 Å². The smallest absolute Gasteiger partial charge is 0.537 e. The van der Waals surface area contributed by atoms with Crippen molar-refractivity contribution in [2.24, 2.45) is 0 Å². The van der Waals surface area contributed by atoms with Crippen molar-refractivity contribution >= 4 is 272 Å². The van der Waals surface area contributed by atoms with E-state index in [1.165, 1.54) is 79.4 Å². The summed E-state index contributed by atoms with van der Waals surface area (Å²) in [5, 5.41) is 113. The van der Waals surface area contributed by atoms with E-state index in [0.29, 0.717) is 27.6 Å². The van der Waals surface area contributed by atoms with E-state index < -0.39 is 28.5 Å². The lowest BCUT2D eigenvalue weighted by Gasteiger charge is -2.11. The predicted octanol–water partition coefficient (Wildman–Crippen LogP) is 22.0. The molecule has 20 aromatic carbocycles. The molecule has 0 unspecified atom stereocenters. The maximum Gasteiger partial charge on any atom is 0.569 e. The minimum Gasteiger partial charge on any atom is -0.537 e. The van der Waals surface area contributed by atoms with Crippen LogP contribution in [0.5, 0.6) is 5.75 Å². The Bertz CT molecular complexity index is 8580. The molecule has 599 valence electrons. The number of rotatable bonds is 9. The summed E-state index contributed by atoms with van der Waals surface area (Å²) < 4.78 is 24.3. The molecular weight excluding hydrogens is 1620 g/mol. The van der Waals surface area contributed by atoms with Crippen LogP contribution in [0.4, 0.5) is 0 Å². The van der Waals surface area contributed by atoms with Gasteiger partial charge in [-0.3, -0.25) is 0 Å². The lowest BCUT2D eigenvalue weighted by atomic mass is 9.76. The van der Waals surface area contributed by atoms with Crippen LogP contribution >= 0.6 is 34.0 Å². The summed E-state index contributed by atoms with van der Waals surface area (Å²) in [5.41, 5.74) is 11.9. The molecule has 0 aliphatic heterocycles. The van der Waals surface area contributed by atoms with Gasteiger partial charge in [-0.15, -0.1) is 34.0 Å². The van der Waals surface area contributed by atoms with Crippen molar-refractivity contribution in [2.45, 2.75) is 0 Å². The molecule has 0 bridgehead atoms. The zero-order valence-electron chi connectivity index (χ0n) is 67.1. The third kappa shape index (κ3) is 14.4. The molecule has 0 saturated carbocycles. The first-order valence-electron chi connectivity index (χ1n) is 41.1. The molecule has 5 aromatic heterocycles. The average Bonchev–Trinajstić information content (AvgIpc) is 1.58. The molecule has 20 heteroatoms. The second-order valence-electron chi connectivity index (χ2n) is 31.2. The lowest BCUT2D eigenvalue weighted by molar-refractivity contribution is 0.424. The van der Waals surface area contributed by atoms with Gasteiger partial charge >= 0.3 is 36.2 Å². The molecule has 0 atom stereocenters. The molecular formula is C106H70B5O12S3. The van der Waals surface area contributed by atoms with Crippen LogP contribution in [0, 0.1) is 0 Å². The Morgan fingerprint density at radius 3 is 1.37 bits per heavy atom. The maximum atomic E-state index is 9.99. The summed E-state index contributed by atoms with van der Waals surface area (Å²) in [5.74, 6) is 0.688. The first-order valence-corrected chi connectivity index (χ1v) is 43.6. The standard InChI is InChI=1S/2C26H17BO3.C22H15BO2S.C16H10BO2S.C16H11BO2S/c28-27(29)23-12-11-18(20-7-3-4-8-21(20)23)17-10-13-24-22(15-17)26-19-6-2-1-5-16(19)9-14-25(26)30-24;28-27(29)20-12-11-16-13-19(10-9-17(16)14-20)23-15-18-5-1-2-6-21(18)25-22-7-3-4-8-24(22)30-26(23)25;24-23(25)19-13-16(14-6-2-1-3-7-14)12-18-21-17-9-5-4-8-15(17)10-11-20(21)26-22(18)19;18-17-19-12-6-3-7-13-16(12)15-11-5-2-1-4-10(11)8-9-14(15)20-13;18-17(19)13-7-3-6-12-15-11-5-2-1-4-10(11)8-9-14(15)20-16(12)13/h2*1-15,28-29H;1-13,24-25H;1-9,18H;1-9,18-19H. The van der Waals surface area contributed by atoms with Crippen LogP contribution in [0.1, 0.15) is 0 Å². The topological polar surface area (TPSA) is 218 Å². The van der Waals surface area contributed by atoms with E-state index in [1.807, 2.05) is 176 Å². The Morgan fingerprint density at radius 1 is 0.238 bits per heavy atom. The highest BCUT2D eigenvalue weighted by atomic mass is 32.1. The molecule has 0 spiro atoms. The summed E-state index contributed by atoms with van der Waals surface area (Å²) in [6.07, 6.45) is 0. The number of para-hydroxylation sites is 1. The molecule has 1 radical (unpaired) electrons. The van der Waals surface area contributed by atoms with Crippen molar-refractivity contribution in [3.8, 4) is 39.1 Å². The molecule has 5 heterocycles. The van der Waals surface area contributed by atoms with Crippen molar-refractivity contribution in [1.82, 2.24) is 0 Å². The van der Waals surface area contributed by atoms with Gasteiger partial charge in [-0.25, -0.2) is 0 Å². The van der Waals surface area contributed by atoms with Gasteiger partial charge in [-0.05, 0) is 192 Å². The van der Waals surface area contributed by atoms with E-state index >= 15 is 0 Å². The zero-order valence-corrected chi connectivity index (χ0v) is 69.5. The van der Waals surface area contributed by atoms with E-state index in [9.17, 15) is 40.2 Å². The quantitative estimate of drug-likeness (QED) is 0.0617. The number of fused-ring (bicyclic) bond motifs is 27. The van der Waals surface area contributed by atoms with Gasteiger partial charge in [-0.2, -0.15) is 0 Å². The highest BCUT2D eigenvalue weighted by molar-refractivity contribution is 7.28. The van der Waals surface area contributed by atoms with Crippen molar-refractivity contribution < 1.29 is 58.7 Å². The van der Waals surface area contributed by atoms with E-state index in [1.54, 1.807) is 58.3 Å². The van der Waals surface area contributed by atoms with E-state index in [0.717, 1.165) is 141 Å². The van der Waals surface area contributed by atoms with Gasteiger partial charge in [0, 0.05) is 93.1 Å². The molecule has 0 saturated heterocycles. The summed E-state index contributed by atoms with van der Waals surface area (Å²) in [4.78, 5) is 0. The molecule has 12 nitrogen and oxygen atoms in total. The molecule has 0 fully saturated rings. The van der Waals surface area contributed by atoms with Gasteiger partial charge in [0.1, 0.15) is 28.1 Å². The number of thiophene rings is 3. The Morgan fingerprint density at radius 2 is 0.714 bits per heavy atom. The second kappa shape index (κ2) is 33.4. The highest BCUT2D eigenvalue weighted by Gasteiger charge is 2.25. The van der Waals surface area contributed by atoms with E-state index in [2.05, 4.69) is 170 Å². The van der Waals surface area contributed by atoms with Crippen LogP contribution in [0.2, 0.25) is 0 Å². The summed E-state index contributed by atoms with van der Waals surface area (Å²) in [6.45, 7) is 0. The molecule has 25 aromatic rings. The first-order chi connectivity index (χ1) is 61.7. The average molecular weight is 1690 g/mol. The SMILES string of the molecule is OB(O)c1cc(-c2ccccc2)cc2c1sc1ccc3ccccc3c12.OB(O)c1ccc(-c2ccc3oc4ccc5ccccc5c4c3c2)c2ccccc12.OB(O)c1ccc2cc(-c3cc4ccccc4c4c3oc3ccccc34)ccc2c1.OB(O)c1cccc2c1sc1ccc3ccccc3c12.O[B]Oc1cccc2sc3ccc4ccccc4c3c12. The van der Waals surface area contributed by atoms with Gasteiger partial charge in [0.25, 0.3) is 0 Å². The Kier molecular flexibility index (Phi) is 21.0. The predicted molar refractivity (Wildman–Crippen MR) is 532 cm³/mol. The van der Waals surface area contributed by atoms with Crippen LogP contribution in [0.3, 0.4) is 0 Å². The summed E-state index contributed by atoms with van der Waals surface area (Å²) in [7, 11) is -5.16. The lowest BCUT2D eigenvalue weighted by Crippen LogP contribution is -2.30. The van der Waals surface area contributed by atoms with E-state index in [-0.39, 0.29) is 0 Å². The number of hydrogen-bond donors (Lipinski definition) is 9. The normalized spacial score (nSPS) is 11.5. The van der Waals surface area contributed by atoms with Crippen LogP contribution in [-0.4, -0.2) is 81.4 Å². The fourth-order valence-electron chi connectivity index (χ4n) is 18.1. The molecule has 9 N–H and O–H groups in total. The Balaban J connectivity index is 0.0000000971. The van der Waals surface area contributed by atoms with Crippen molar-refractivity contribution in [2.75, 3.05) is 0 Å². The Labute approximate surface area is 734 Å². The number of benzene rings is 20. The van der Waals surface area contributed by atoms with Crippen LogP contribution < -0.4 is 26.5 Å². The zero-order chi connectivity index (χ0) is 85.4. The monoisotopic (exact) mass is 1690 g/mol. The van der Waals surface area contributed by atoms with Crippen LogP contribution in [-0.2, 0) is 0 Å². The fourth-order valence-corrected chi connectivity index (χ4v) is 21.7. The minimum absolute atomic E-state index is 0.487. The van der Waals surface area contributed by atoms with Crippen molar-refractivity contribution in [1.29, 1.82) is 0 Å². The minimum atomic E-state index is -1.50. The third-order valence-electron chi connectivity index (χ3n) is 23.8. The second-order valence-corrected chi connectivity index (χ2v) is 34.3. The molecule has 25 rings (SSSR count). The number of furan rings is 2. The van der Waals surface area contributed by atoms with Gasteiger partial charge in [0.15, 0.2) is 0 Å². The van der Waals surface area contributed by atoms with Crippen LogP contribution in [0.15, 0.2) is 379 Å². The maximum absolute atomic E-state index is 9.99. The molecule has 0 aliphatic carbocycles. The van der Waals surface area contributed by atoms with Gasteiger partial charge in [-0.1, -0.05) is 297 Å². The fraction of sp³-hybridized carbons (Fsp3) is 0. The third-order valence-corrected chi connectivity index (χ3v) is 27.4. The van der Waals surface area contributed by atoms with Gasteiger partial charge < -0.3 is 58.7 Å².